The van der Waals surface area contributed by atoms with Gasteiger partial charge in [-0.25, -0.2) is 8.42 Å². The van der Waals surface area contributed by atoms with E-state index in [-0.39, 0.29) is 10.8 Å². The van der Waals surface area contributed by atoms with E-state index in [4.69, 9.17) is 0 Å². The Bertz CT molecular complexity index is 602. The van der Waals surface area contributed by atoms with Crippen LogP contribution in [0.15, 0.2) is 29.2 Å². The minimum absolute atomic E-state index is 0.190. The molecule has 1 aliphatic heterocycles. The first-order chi connectivity index (χ1) is 9.75. The predicted octanol–water partition coefficient (Wildman–Crippen LogP) is 1.94. The Morgan fingerprint density at radius 2 is 2.10 bits per heavy atom. The van der Waals surface area contributed by atoms with Gasteiger partial charge in [-0.2, -0.15) is 17.5 Å². The second kappa shape index (κ2) is 5.94. The largest absolute Gasteiger partial charge is 0.416 e. The molecule has 1 saturated heterocycles. The van der Waals surface area contributed by atoms with Crippen LogP contribution in [0.4, 0.5) is 13.2 Å². The molecule has 0 aliphatic carbocycles. The fraction of sp³-hybridized carbons (Fsp3) is 0.538. The minimum Gasteiger partial charge on any atom is -0.319 e. The number of rotatable bonds is 4. The van der Waals surface area contributed by atoms with Crippen LogP contribution in [-0.4, -0.2) is 39.4 Å². The standard InChI is InChI=1S/C13H17F3N2O2S/c1-17-8-10-5-6-18(9-10)21(19,20)12-4-2-3-11(7-12)13(14,15)16/h2-4,7,10,17H,5-6,8-9H2,1H3. The lowest BCUT2D eigenvalue weighted by molar-refractivity contribution is -0.137. The lowest BCUT2D eigenvalue weighted by atomic mass is 10.1. The van der Waals surface area contributed by atoms with E-state index in [0.29, 0.717) is 32.1 Å². The first kappa shape index (κ1) is 16.3. The van der Waals surface area contributed by atoms with Crippen LogP contribution in [0.2, 0.25) is 0 Å². The van der Waals surface area contributed by atoms with Crippen LogP contribution >= 0.6 is 0 Å². The van der Waals surface area contributed by atoms with Gasteiger partial charge in [0.15, 0.2) is 0 Å². The normalized spacial score (nSPS) is 20.9. The molecule has 0 radical (unpaired) electrons. The average molecular weight is 322 g/mol. The van der Waals surface area contributed by atoms with Gasteiger partial charge in [0.2, 0.25) is 10.0 Å². The van der Waals surface area contributed by atoms with Crippen LogP contribution in [0.3, 0.4) is 0 Å². The van der Waals surface area contributed by atoms with Gasteiger partial charge in [0.25, 0.3) is 0 Å². The molecule has 1 atom stereocenters. The first-order valence-electron chi connectivity index (χ1n) is 6.57. The van der Waals surface area contributed by atoms with E-state index < -0.39 is 21.8 Å². The predicted molar refractivity (Wildman–Crippen MR) is 72.2 cm³/mol. The number of halogens is 3. The van der Waals surface area contributed by atoms with Gasteiger partial charge in [-0.05, 0) is 44.1 Å². The SMILES string of the molecule is CNCC1CCN(S(=O)(=O)c2cccc(C(F)(F)F)c2)C1. The van der Waals surface area contributed by atoms with E-state index in [9.17, 15) is 21.6 Å². The van der Waals surface area contributed by atoms with Crippen LogP contribution in [0, 0.1) is 5.92 Å². The van der Waals surface area contributed by atoms with Gasteiger partial charge in [-0.1, -0.05) is 6.07 Å². The molecule has 1 heterocycles. The maximum atomic E-state index is 12.7. The summed E-state index contributed by atoms with van der Waals surface area (Å²) in [7, 11) is -2.09. The van der Waals surface area contributed by atoms with E-state index in [1.54, 1.807) is 7.05 Å². The summed E-state index contributed by atoms with van der Waals surface area (Å²) in [5, 5.41) is 2.98. The van der Waals surface area contributed by atoms with Gasteiger partial charge in [0, 0.05) is 13.1 Å². The van der Waals surface area contributed by atoms with Crippen molar-refractivity contribution in [1.29, 1.82) is 0 Å². The summed E-state index contributed by atoms with van der Waals surface area (Å²) in [5.74, 6) is 0.190. The highest BCUT2D eigenvalue weighted by Crippen LogP contribution is 2.32. The third-order valence-corrected chi connectivity index (χ3v) is 5.40. The van der Waals surface area contributed by atoms with Crippen LogP contribution < -0.4 is 5.32 Å². The molecule has 0 amide bonds. The summed E-state index contributed by atoms with van der Waals surface area (Å²) in [6.07, 6.45) is -3.84. The number of hydrogen-bond donors (Lipinski definition) is 1. The van der Waals surface area contributed by atoms with Gasteiger partial charge in [-0.15, -0.1) is 0 Å². The molecule has 1 aromatic carbocycles. The van der Waals surface area contributed by atoms with Crippen molar-refractivity contribution in [3.63, 3.8) is 0 Å². The first-order valence-corrected chi connectivity index (χ1v) is 8.01. The summed E-state index contributed by atoms with van der Waals surface area (Å²) in [5.41, 5.74) is -0.949. The highest BCUT2D eigenvalue weighted by atomic mass is 32.2. The van der Waals surface area contributed by atoms with Gasteiger partial charge in [0.1, 0.15) is 0 Å². The molecule has 21 heavy (non-hydrogen) atoms. The monoisotopic (exact) mass is 322 g/mol. The summed E-state index contributed by atoms with van der Waals surface area (Å²) in [4.78, 5) is -0.303. The highest BCUT2D eigenvalue weighted by molar-refractivity contribution is 7.89. The molecule has 8 heteroatoms. The van der Waals surface area contributed by atoms with Crippen molar-refractivity contribution >= 4 is 10.0 Å². The molecule has 4 nitrogen and oxygen atoms in total. The zero-order chi connectivity index (χ0) is 15.7. The van der Waals surface area contributed by atoms with Crippen molar-refractivity contribution in [2.24, 2.45) is 5.92 Å². The van der Waals surface area contributed by atoms with E-state index in [1.807, 2.05) is 0 Å². The van der Waals surface area contributed by atoms with Crippen LogP contribution in [-0.2, 0) is 16.2 Å². The Hall–Kier alpha value is -1.12. The summed E-state index contributed by atoms with van der Waals surface area (Å²) >= 11 is 0. The Morgan fingerprint density at radius 3 is 2.71 bits per heavy atom. The molecule has 0 spiro atoms. The smallest absolute Gasteiger partial charge is 0.319 e. The van der Waals surface area contributed by atoms with Crippen LogP contribution in [0.5, 0.6) is 0 Å². The van der Waals surface area contributed by atoms with E-state index in [2.05, 4.69) is 5.32 Å². The third-order valence-electron chi connectivity index (χ3n) is 3.54. The minimum atomic E-state index is -4.55. The van der Waals surface area contributed by atoms with E-state index in [1.165, 1.54) is 10.4 Å². The van der Waals surface area contributed by atoms with Crippen molar-refractivity contribution < 1.29 is 21.6 Å². The number of nitrogens with zero attached hydrogens (tertiary/aromatic N) is 1. The number of alkyl halides is 3. The Labute approximate surface area is 122 Å². The Balaban J connectivity index is 2.25. The second-order valence-electron chi connectivity index (χ2n) is 5.10. The summed E-state index contributed by atoms with van der Waals surface area (Å²) in [6, 6.07) is 3.89. The van der Waals surface area contributed by atoms with Crippen molar-refractivity contribution in [1.82, 2.24) is 9.62 Å². The number of benzene rings is 1. The molecule has 1 N–H and O–H groups in total. The van der Waals surface area contributed by atoms with Gasteiger partial charge < -0.3 is 5.32 Å². The second-order valence-corrected chi connectivity index (χ2v) is 7.04. The van der Waals surface area contributed by atoms with Gasteiger partial charge in [0.05, 0.1) is 10.5 Å². The zero-order valence-corrected chi connectivity index (χ0v) is 12.3. The summed E-state index contributed by atoms with van der Waals surface area (Å²) < 4.78 is 64.1. The molecule has 1 aliphatic rings. The van der Waals surface area contributed by atoms with Crippen molar-refractivity contribution in [2.75, 3.05) is 26.7 Å². The Kier molecular flexibility index (Phi) is 4.60. The molecule has 1 aromatic rings. The number of nitrogens with one attached hydrogen (secondary N) is 1. The van der Waals surface area contributed by atoms with E-state index >= 15 is 0 Å². The van der Waals surface area contributed by atoms with E-state index in [0.717, 1.165) is 12.1 Å². The van der Waals surface area contributed by atoms with Crippen molar-refractivity contribution in [2.45, 2.75) is 17.5 Å². The van der Waals surface area contributed by atoms with Crippen LogP contribution in [0.25, 0.3) is 0 Å². The molecule has 0 bridgehead atoms. The van der Waals surface area contributed by atoms with Crippen LogP contribution in [0.1, 0.15) is 12.0 Å². The molecule has 0 saturated carbocycles. The Morgan fingerprint density at radius 1 is 1.38 bits per heavy atom. The lowest BCUT2D eigenvalue weighted by Crippen LogP contribution is -2.30. The molecule has 118 valence electrons. The average Bonchev–Trinajstić information content (AvgIpc) is 2.88. The molecule has 0 aromatic heterocycles. The molecular formula is C13H17F3N2O2S. The quantitative estimate of drug-likeness (QED) is 0.921. The fourth-order valence-corrected chi connectivity index (χ4v) is 4.03. The maximum Gasteiger partial charge on any atom is 0.416 e. The number of sulfonamides is 1. The van der Waals surface area contributed by atoms with Gasteiger partial charge in [-0.3, -0.25) is 0 Å². The maximum absolute atomic E-state index is 12.7. The highest BCUT2D eigenvalue weighted by Gasteiger charge is 2.35. The summed E-state index contributed by atoms with van der Waals surface area (Å²) in [6.45, 7) is 1.36. The fourth-order valence-electron chi connectivity index (χ4n) is 2.45. The van der Waals surface area contributed by atoms with Gasteiger partial charge >= 0.3 is 6.18 Å². The third kappa shape index (κ3) is 3.56. The molecule has 2 rings (SSSR count). The topological polar surface area (TPSA) is 49.4 Å². The van der Waals surface area contributed by atoms with Crippen molar-refractivity contribution in [3.8, 4) is 0 Å². The lowest BCUT2D eigenvalue weighted by Gasteiger charge is -2.17. The molecule has 1 fully saturated rings. The molecular weight excluding hydrogens is 305 g/mol. The number of hydrogen-bond acceptors (Lipinski definition) is 3. The zero-order valence-electron chi connectivity index (χ0n) is 11.5. The van der Waals surface area contributed by atoms with Crippen molar-refractivity contribution in [3.05, 3.63) is 29.8 Å². The molecule has 1 unspecified atom stereocenters.